The summed E-state index contributed by atoms with van der Waals surface area (Å²) in [4.78, 5) is 17.2. The van der Waals surface area contributed by atoms with Gasteiger partial charge in [0, 0.05) is 43.2 Å². The molecule has 1 saturated heterocycles. The van der Waals surface area contributed by atoms with Crippen LogP contribution in [-0.4, -0.2) is 64.2 Å². The summed E-state index contributed by atoms with van der Waals surface area (Å²) in [5.74, 6) is 0.951. The molecular formula is C27H34N2O4. The van der Waals surface area contributed by atoms with Crippen LogP contribution < -0.4 is 0 Å². The Kier molecular flexibility index (Phi) is 5.83. The molecule has 33 heavy (non-hydrogen) atoms. The van der Waals surface area contributed by atoms with E-state index in [0.717, 1.165) is 43.0 Å². The smallest absolute Gasteiger partial charge is 0.246 e. The number of hydrogen-bond acceptors (Lipinski definition) is 5. The standard InChI is InChI=1S/C27H34N2O4/c1-28(25(31)8-7-21-10-14-33-18-21)23-9-11-27(32)19-29(17-20-5-6-20)13-12-26(27,16-23)22-3-2-4-24(30)15-22/h2-4,7-8,10,14-15,18,20,23,30,32H,5-6,9,11-13,16-17,19H2,1H3/b8-7+/t23-,26+,27+/m1/s1. The highest BCUT2D eigenvalue weighted by Crippen LogP contribution is 2.53. The summed E-state index contributed by atoms with van der Waals surface area (Å²) in [7, 11) is 1.86. The number of phenolic OH excluding ortho intramolecular Hbond substituents is 1. The van der Waals surface area contributed by atoms with Crippen molar-refractivity contribution in [2.45, 2.75) is 55.6 Å². The van der Waals surface area contributed by atoms with E-state index in [1.54, 1.807) is 30.7 Å². The minimum absolute atomic E-state index is 0.0177. The second-order valence-corrected chi connectivity index (χ2v) is 10.3. The predicted molar refractivity (Wildman–Crippen MR) is 127 cm³/mol. The molecule has 1 aliphatic heterocycles. The predicted octanol–water partition coefficient (Wildman–Crippen LogP) is 3.79. The molecule has 0 spiro atoms. The maximum atomic E-state index is 13.0. The Balaban J connectivity index is 1.40. The maximum Gasteiger partial charge on any atom is 0.246 e. The fraction of sp³-hybridized carbons (Fsp3) is 0.519. The number of fused-ring (bicyclic) bond motifs is 1. The molecule has 0 radical (unpaired) electrons. The SMILES string of the molecule is CN(C(=O)/C=C/c1ccoc1)[C@@H]1CC[C@]2(O)CN(CC3CC3)CC[C@@]2(c2cccc(O)c2)C1. The summed E-state index contributed by atoms with van der Waals surface area (Å²) < 4.78 is 5.07. The number of carbonyl (C=O) groups is 1. The van der Waals surface area contributed by atoms with Gasteiger partial charge in [0.25, 0.3) is 0 Å². The first kappa shape index (κ1) is 22.2. The van der Waals surface area contributed by atoms with Gasteiger partial charge in [-0.3, -0.25) is 4.79 Å². The van der Waals surface area contributed by atoms with Gasteiger partial charge in [-0.2, -0.15) is 0 Å². The lowest BCUT2D eigenvalue weighted by molar-refractivity contribution is -0.144. The number of β-amino-alcohol motifs (C(OH)–C–C–N with tert-alkyl or cyclic N) is 1. The molecule has 2 heterocycles. The van der Waals surface area contributed by atoms with Gasteiger partial charge < -0.3 is 24.4 Å². The fourth-order valence-corrected chi connectivity index (χ4v) is 6.02. The van der Waals surface area contributed by atoms with Gasteiger partial charge in [0.1, 0.15) is 5.75 Å². The molecule has 5 rings (SSSR count). The average Bonchev–Trinajstić information content (AvgIpc) is 3.46. The number of likely N-dealkylation sites (tertiary alicyclic amines) is 1. The Morgan fingerprint density at radius 1 is 1.27 bits per heavy atom. The van der Waals surface area contributed by atoms with Crippen LogP contribution in [0, 0.1) is 5.92 Å². The molecular weight excluding hydrogens is 416 g/mol. The number of carbonyl (C=O) groups excluding carboxylic acids is 1. The van der Waals surface area contributed by atoms with Crippen LogP contribution in [-0.2, 0) is 10.2 Å². The highest BCUT2D eigenvalue weighted by Gasteiger charge is 2.58. The molecule has 2 saturated carbocycles. The van der Waals surface area contributed by atoms with Gasteiger partial charge >= 0.3 is 0 Å². The van der Waals surface area contributed by atoms with E-state index < -0.39 is 11.0 Å². The Labute approximate surface area is 195 Å². The Morgan fingerprint density at radius 2 is 2.12 bits per heavy atom. The van der Waals surface area contributed by atoms with Crippen molar-refractivity contribution in [3.05, 3.63) is 60.1 Å². The zero-order valence-corrected chi connectivity index (χ0v) is 19.3. The van der Waals surface area contributed by atoms with E-state index in [4.69, 9.17) is 4.42 Å². The molecule has 176 valence electrons. The maximum absolute atomic E-state index is 13.0. The monoisotopic (exact) mass is 450 g/mol. The lowest BCUT2D eigenvalue weighted by Crippen LogP contribution is -2.67. The molecule has 2 aromatic rings. The van der Waals surface area contributed by atoms with Gasteiger partial charge in [-0.25, -0.2) is 0 Å². The van der Waals surface area contributed by atoms with E-state index >= 15 is 0 Å². The molecule has 0 bridgehead atoms. The Bertz CT molecular complexity index is 1010. The molecule has 3 aliphatic rings. The van der Waals surface area contributed by atoms with Crippen LogP contribution >= 0.6 is 0 Å². The molecule has 1 amide bonds. The van der Waals surface area contributed by atoms with E-state index in [-0.39, 0.29) is 17.7 Å². The summed E-state index contributed by atoms with van der Waals surface area (Å²) in [6, 6.07) is 9.22. The number of aromatic hydroxyl groups is 1. The van der Waals surface area contributed by atoms with Crippen LogP contribution in [0.3, 0.4) is 0 Å². The second-order valence-electron chi connectivity index (χ2n) is 10.3. The van der Waals surface area contributed by atoms with Crippen LogP contribution in [0.4, 0.5) is 0 Å². The molecule has 6 heteroatoms. The summed E-state index contributed by atoms with van der Waals surface area (Å²) in [6.07, 6.45) is 12.1. The highest BCUT2D eigenvalue weighted by atomic mass is 16.3. The molecule has 1 aromatic heterocycles. The lowest BCUT2D eigenvalue weighted by atomic mass is 9.55. The number of piperidine rings is 1. The molecule has 1 aromatic carbocycles. The number of rotatable bonds is 6. The number of furan rings is 1. The van der Waals surface area contributed by atoms with Crippen LogP contribution in [0.5, 0.6) is 5.75 Å². The molecule has 3 atom stereocenters. The number of aliphatic hydroxyl groups is 1. The summed E-state index contributed by atoms with van der Waals surface area (Å²) >= 11 is 0. The molecule has 0 unspecified atom stereocenters. The first-order valence-electron chi connectivity index (χ1n) is 12.1. The van der Waals surface area contributed by atoms with Crippen LogP contribution in [0.15, 0.2) is 53.4 Å². The third-order valence-corrected chi connectivity index (χ3v) is 8.17. The van der Waals surface area contributed by atoms with Crippen molar-refractivity contribution in [3.8, 4) is 5.75 Å². The van der Waals surface area contributed by atoms with Gasteiger partial charge in [0.2, 0.25) is 5.91 Å². The fourth-order valence-electron chi connectivity index (χ4n) is 6.02. The van der Waals surface area contributed by atoms with Crippen molar-refractivity contribution in [3.63, 3.8) is 0 Å². The first-order chi connectivity index (χ1) is 15.9. The highest BCUT2D eigenvalue weighted by molar-refractivity contribution is 5.91. The number of likely N-dealkylation sites (N-methyl/N-ethyl adjacent to an activating group) is 1. The minimum Gasteiger partial charge on any atom is -0.508 e. The van der Waals surface area contributed by atoms with Crippen molar-refractivity contribution in [1.82, 2.24) is 9.80 Å². The Morgan fingerprint density at radius 3 is 2.85 bits per heavy atom. The normalized spacial score (nSPS) is 30.3. The zero-order valence-electron chi connectivity index (χ0n) is 19.3. The number of nitrogens with zero attached hydrogens (tertiary/aromatic N) is 2. The van der Waals surface area contributed by atoms with Crippen molar-refractivity contribution in [1.29, 1.82) is 0 Å². The quantitative estimate of drug-likeness (QED) is 0.655. The second kappa shape index (κ2) is 8.65. The minimum atomic E-state index is -0.874. The van der Waals surface area contributed by atoms with Gasteiger partial charge in [-0.1, -0.05) is 12.1 Å². The summed E-state index contributed by atoms with van der Waals surface area (Å²) in [5.41, 5.74) is 0.475. The largest absolute Gasteiger partial charge is 0.508 e. The topological polar surface area (TPSA) is 77.2 Å². The third-order valence-electron chi connectivity index (χ3n) is 8.17. The van der Waals surface area contributed by atoms with Crippen molar-refractivity contribution >= 4 is 12.0 Å². The number of phenols is 1. The van der Waals surface area contributed by atoms with E-state index in [1.807, 2.05) is 36.2 Å². The van der Waals surface area contributed by atoms with E-state index in [0.29, 0.717) is 19.4 Å². The lowest BCUT2D eigenvalue weighted by Gasteiger charge is -2.59. The van der Waals surface area contributed by atoms with Gasteiger partial charge in [-0.05, 0) is 80.8 Å². The van der Waals surface area contributed by atoms with Crippen molar-refractivity contribution < 1.29 is 19.4 Å². The number of benzene rings is 1. The zero-order chi connectivity index (χ0) is 23.1. The third kappa shape index (κ3) is 4.34. The van der Waals surface area contributed by atoms with Crippen molar-refractivity contribution in [2.75, 3.05) is 26.7 Å². The van der Waals surface area contributed by atoms with Crippen LogP contribution in [0.2, 0.25) is 0 Å². The molecule has 3 fully saturated rings. The first-order valence-corrected chi connectivity index (χ1v) is 12.1. The van der Waals surface area contributed by atoms with Crippen LogP contribution in [0.25, 0.3) is 6.08 Å². The summed E-state index contributed by atoms with van der Waals surface area (Å²) in [6.45, 7) is 2.65. The summed E-state index contributed by atoms with van der Waals surface area (Å²) in [5, 5.41) is 22.3. The Hall–Kier alpha value is -2.57. The molecule has 6 nitrogen and oxygen atoms in total. The van der Waals surface area contributed by atoms with Crippen LogP contribution in [0.1, 0.15) is 49.7 Å². The van der Waals surface area contributed by atoms with Crippen molar-refractivity contribution in [2.24, 2.45) is 5.92 Å². The van der Waals surface area contributed by atoms with Gasteiger partial charge in [0.05, 0.1) is 18.1 Å². The number of amides is 1. The van der Waals surface area contributed by atoms with E-state index in [9.17, 15) is 15.0 Å². The molecule has 2 N–H and O–H groups in total. The van der Waals surface area contributed by atoms with E-state index in [2.05, 4.69) is 4.90 Å². The number of hydrogen-bond donors (Lipinski definition) is 2. The van der Waals surface area contributed by atoms with Gasteiger partial charge in [-0.15, -0.1) is 0 Å². The molecule has 2 aliphatic carbocycles. The average molecular weight is 451 g/mol. The van der Waals surface area contributed by atoms with E-state index in [1.165, 1.54) is 12.8 Å². The van der Waals surface area contributed by atoms with Gasteiger partial charge in [0.15, 0.2) is 0 Å².